The number of ether oxygens (including phenoxy) is 1. The van der Waals surface area contributed by atoms with Crippen LogP contribution >= 0.6 is 0 Å². The highest BCUT2D eigenvalue weighted by atomic mass is 16.5. The Balaban J connectivity index is 1.51. The van der Waals surface area contributed by atoms with Gasteiger partial charge < -0.3 is 15.0 Å². The summed E-state index contributed by atoms with van der Waals surface area (Å²) < 4.78 is 6.09. The van der Waals surface area contributed by atoms with Crippen molar-refractivity contribution in [2.75, 3.05) is 18.0 Å². The molecule has 0 radical (unpaired) electrons. The Kier molecular flexibility index (Phi) is 5.45. The monoisotopic (exact) mass is 366 g/mol. The van der Waals surface area contributed by atoms with Gasteiger partial charge in [-0.2, -0.15) is 0 Å². The number of hydrogen-bond donors (Lipinski definition) is 1. The summed E-state index contributed by atoms with van der Waals surface area (Å²) in [6.45, 7) is 12.0. The number of carbonyl (C=O) groups is 1. The van der Waals surface area contributed by atoms with E-state index in [1.165, 1.54) is 11.3 Å². The predicted molar refractivity (Wildman–Crippen MR) is 110 cm³/mol. The first-order valence-corrected chi connectivity index (χ1v) is 9.61. The zero-order valence-corrected chi connectivity index (χ0v) is 17.0. The van der Waals surface area contributed by atoms with E-state index in [-0.39, 0.29) is 23.5 Å². The van der Waals surface area contributed by atoms with Crippen LogP contribution in [-0.4, -0.2) is 25.1 Å². The number of carbonyl (C=O) groups excluding carboxylic acids is 1. The third-order valence-corrected chi connectivity index (χ3v) is 5.05. The molecule has 1 aliphatic heterocycles. The minimum absolute atomic E-state index is 0.00940. The first kappa shape index (κ1) is 19.3. The van der Waals surface area contributed by atoms with Gasteiger partial charge in [-0.1, -0.05) is 45.0 Å². The van der Waals surface area contributed by atoms with Gasteiger partial charge in [0.2, 0.25) is 5.91 Å². The Labute approximate surface area is 162 Å². The molecule has 1 fully saturated rings. The van der Waals surface area contributed by atoms with Gasteiger partial charge in [-0.25, -0.2) is 0 Å². The Bertz CT molecular complexity index is 770. The lowest BCUT2D eigenvalue weighted by Gasteiger charge is -2.40. The molecule has 0 unspecified atom stereocenters. The summed E-state index contributed by atoms with van der Waals surface area (Å²) in [5, 5.41) is 2.91. The summed E-state index contributed by atoms with van der Waals surface area (Å²) >= 11 is 0. The molecular formula is C23H30N2O2. The molecule has 1 atom stereocenters. The molecule has 1 aliphatic rings. The van der Waals surface area contributed by atoms with E-state index >= 15 is 0 Å². The van der Waals surface area contributed by atoms with Crippen molar-refractivity contribution in [1.82, 2.24) is 5.32 Å². The number of benzene rings is 2. The molecule has 2 aromatic rings. The van der Waals surface area contributed by atoms with Crippen molar-refractivity contribution >= 4 is 11.6 Å². The van der Waals surface area contributed by atoms with Crippen molar-refractivity contribution in [3.63, 3.8) is 0 Å². The van der Waals surface area contributed by atoms with Crippen molar-refractivity contribution in [3.05, 3.63) is 59.7 Å². The lowest BCUT2D eigenvalue weighted by atomic mass is 9.87. The Morgan fingerprint density at radius 2 is 1.67 bits per heavy atom. The number of anilines is 1. The van der Waals surface area contributed by atoms with Gasteiger partial charge in [0.1, 0.15) is 11.9 Å². The molecule has 4 nitrogen and oxygen atoms in total. The third kappa shape index (κ3) is 4.82. The number of rotatable bonds is 5. The summed E-state index contributed by atoms with van der Waals surface area (Å²) in [6, 6.07) is 16.9. The molecule has 0 aliphatic carbocycles. The minimum Gasteiger partial charge on any atom is -0.487 e. The van der Waals surface area contributed by atoms with Gasteiger partial charge in [-0.3, -0.25) is 4.79 Å². The van der Waals surface area contributed by atoms with E-state index < -0.39 is 0 Å². The van der Waals surface area contributed by atoms with E-state index in [1.54, 1.807) is 6.92 Å². The maximum absolute atomic E-state index is 11.2. The average Bonchev–Trinajstić information content (AvgIpc) is 2.57. The summed E-state index contributed by atoms with van der Waals surface area (Å²) in [7, 11) is 0. The van der Waals surface area contributed by atoms with Crippen LogP contribution in [0.2, 0.25) is 0 Å². The highest BCUT2D eigenvalue weighted by Gasteiger charge is 2.28. The lowest BCUT2D eigenvalue weighted by Crippen LogP contribution is -2.54. The Hall–Kier alpha value is -2.49. The maximum Gasteiger partial charge on any atom is 0.217 e. The van der Waals surface area contributed by atoms with Crippen molar-refractivity contribution in [2.24, 2.45) is 0 Å². The summed E-state index contributed by atoms with van der Waals surface area (Å²) in [6.07, 6.45) is 0.225. The van der Waals surface area contributed by atoms with Gasteiger partial charge >= 0.3 is 0 Å². The van der Waals surface area contributed by atoms with Crippen molar-refractivity contribution in [3.8, 4) is 5.75 Å². The second-order valence-corrected chi connectivity index (χ2v) is 8.43. The van der Waals surface area contributed by atoms with Crippen LogP contribution in [0.15, 0.2) is 48.5 Å². The molecule has 4 heteroatoms. The average molecular weight is 367 g/mol. The van der Waals surface area contributed by atoms with E-state index in [0.717, 1.165) is 24.4 Å². The number of nitrogens with zero attached hydrogens (tertiary/aromatic N) is 1. The first-order chi connectivity index (χ1) is 12.7. The molecule has 1 N–H and O–H groups in total. The molecule has 144 valence electrons. The van der Waals surface area contributed by atoms with E-state index in [0.29, 0.717) is 0 Å². The lowest BCUT2D eigenvalue weighted by molar-refractivity contribution is -0.119. The van der Waals surface area contributed by atoms with E-state index in [9.17, 15) is 4.79 Å². The molecular weight excluding hydrogens is 336 g/mol. The molecule has 2 aromatic carbocycles. The van der Waals surface area contributed by atoms with Gasteiger partial charge in [0.05, 0.1) is 19.1 Å². The maximum atomic E-state index is 11.2. The molecule has 3 rings (SSSR count). The van der Waals surface area contributed by atoms with Crippen LogP contribution in [0.1, 0.15) is 51.8 Å². The van der Waals surface area contributed by atoms with Crippen LogP contribution < -0.4 is 15.0 Å². The Morgan fingerprint density at radius 1 is 1.07 bits per heavy atom. The Morgan fingerprint density at radius 3 is 2.19 bits per heavy atom. The predicted octanol–water partition coefficient (Wildman–Crippen LogP) is 4.45. The molecule has 1 heterocycles. The van der Waals surface area contributed by atoms with Crippen molar-refractivity contribution < 1.29 is 9.53 Å². The van der Waals surface area contributed by atoms with Crippen molar-refractivity contribution in [2.45, 2.75) is 52.2 Å². The van der Waals surface area contributed by atoms with Crippen LogP contribution in [0, 0.1) is 0 Å². The first-order valence-electron chi connectivity index (χ1n) is 9.61. The van der Waals surface area contributed by atoms with Crippen LogP contribution in [-0.2, 0) is 10.2 Å². The van der Waals surface area contributed by atoms with Gasteiger partial charge in [0.25, 0.3) is 0 Å². The summed E-state index contributed by atoms with van der Waals surface area (Å²) in [4.78, 5) is 13.5. The smallest absolute Gasteiger partial charge is 0.217 e. The van der Waals surface area contributed by atoms with E-state index in [4.69, 9.17) is 4.74 Å². The van der Waals surface area contributed by atoms with Gasteiger partial charge in [0.15, 0.2) is 0 Å². The molecule has 0 aromatic heterocycles. The fraction of sp³-hybridized carbons (Fsp3) is 0.435. The van der Waals surface area contributed by atoms with Gasteiger partial charge in [-0.15, -0.1) is 0 Å². The second-order valence-electron chi connectivity index (χ2n) is 8.43. The summed E-state index contributed by atoms with van der Waals surface area (Å²) in [5.41, 5.74) is 3.78. The van der Waals surface area contributed by atoms with Crippen molar-refractivity contribution in [1.29, 1.82) is 0 Å². The summed E-state index contributed by atoms with van der Waals surface area (Å²) in [5.74, 6) is 0.928. The normalized spacial score (nSPS) is 15.8. The van der Waals surface area contributed by atoms with Gasteiger partial charge in [0, 0.05) is 12.6 Å². The van der Waals surface area contributed by atoms with Crippen LogP contribution in [0.5, 0.6) is 5.75 Å². The second kappa shape index (κ2) is 7.63. The number of hydrogen-bond acceptors (Lipinski definition) is 3. The molecule has 0 spiro atoms. The molecule has 1 saturated heterocycles. The van der Waals surface area contributed by atoms with Crippen LogP contribution in [0.25, 0.3) is 0 Å². The number of nitrogens with one attached hydrogen (secondary N) is 1. The largest absolute Gasteiger partial charge is 0.487 e. The molecule has 27 heavy (non-hydrogen) atoms. The molecule has 0 saturated carbocycles. The molecule has 1 amide bonds. The SMILES string of the molecule is CC(=O)N[C@@H](C)c1ccc(N2CC(Oc3ccc(C(C)(C)C)cc3)C2)cc1. The standard InChI is InChI=1S/C23H30N2O2/c1-16(24-17(2)26)18-6-10-20(11-7-18)25-14-22(15-25)27-21-12-8-19(9-13-21)23(3,4)5/h6-13,16,22H,14-15H2,1-5H3,(H,24,26)/t16-/m0/s1. The van der Waals surface area contributed by atoms with Crippen LogP contribution in [0.4, 0.5) is 5.69 Å². The van der Waals surface area contributed by atoms with E-state index in [2.05, 4.69) is 79.5 Å². The topological polar surface area (TPSA) is 41.6 Å². The highest BCUT2D eigenvalue weighted by Crippen LogP contribution is 2.28. The zero-order chi connectivity index (χ0) is 19.6. The quantitative estimate of drug-likeness (QED) is 0.850. The van der Waals surface area contributed by atoms with Crippen LogP contribution in [0.3, 0.4) is 0 Å². The van der Waals surface area contributed by atoms with E-state index in [1.807, 2.05) is 6.92 Å². The fourth-order valence-electron chi connectivity index (χ4n) is 3.31. The minimum atomic E-state index is -0.00940. The van der Waals surface area contributed by atoms with Gasteiger partial charge in [-0.05, 0) is 47.7 Å². The third-order valence-electron chi connectivity index (χ3n) is 5.05. The molecule has 0 bridgehead atoms. The fourth-order valence-corrected chi connectivity index (χ4v) is 3.31. The highest BCUT2D eigenvalue weighted by molar-refractivity contribution is 5.73. The zero-order valence-electron chi connectivity index (χ0n) is 17.0. The number of amides is 1.